The van der Waals surface area contributed by atoms with Gasteiger partial charge in [-0.05, 0) is 30.0 Å². The van der Waals surface area contributed by atoms with Gasteiger partial charge >= 0.3 is 0 Å². The SMILES string of the molecule is CC(C)CC(Br)CNC(=O)c1ccoc1Cl. The molecule has 5 heteroatoms. The third-order valence-corrected chi connectivity index (χ3v) is 3.06. The fourth-order valence-electron chi connectivity index (χ4n) is 1.35. The molecule has 0 saturated carbocycles. The number of hydrogen-bond acceptors (Lipinski definition) is 2. The predicted octanol–water partition coefficient (Wildman–Crippen LogP) is 3.47. The summed E-state index contributed by atoms with van der Waals surface area (Å²) in [6, 6.07) is 1.56. The molecular formula is C11H15BrClNO2. The molecule has 1 rings (SSSR count). The van der Waals surface area contributed by atoms with E-state index >= 15 is 0 Å². The van der Waals surface area contributed by atoms with E-state index in [9.17, 15) is 4.79 Å². The van der Waals surface area contributed by atoms with E-state index in [1.54, 1.807) is 6.07 Å². The molecule has 0 saturated heterocycles. The second-order valence-electron chi connectivity index (χ2n) is 4.04. The first-order chi connectivity index (χ1) is 7.50. The highest BCUT2D eigenvalue weighted by Crippen LogP contribution is 2.17. The molecule has 0 radical (unpaired) electrons. The van der Waals surface area contributed by atoms with Crippen LogP contribution in [0, 0.1) is 5.92 Å². The summed E-state index contributed by atoms with van der Waals surface area (Å²) in [4.78, 5) is 11.9. The van der Waals surface area contributed by atoms with Gasteiger partial charge in [0.25, 0.3) is 5.91 Å². The Kier molecular flexibility index (Phi) is 5.35. The van der Waals surface area contributed by atoms with Crippen LogP contribution in [0.5, 0.6) is 0 Å². The van der Waals surface area contributed by atoms with Crippen LogP contribution in [0.4, 0.5) is 0 Å². The van der Waals surface area contributed by atoms with Gasteiger partial charge in [0.15, 0.2) is 0 Å². The molecule has 3 nitrogen and oxygen atoms in total. The monoisotopic (exact) mass is 307 g/mol. The minimum atomic E-state index is -0.202. The van der Waals surface area contributed by atoms with Gasteiger partial charge in [0.2, 0.25) is 5.22 Å². The molecule has 1 unspecified atom stereocenters. The molecule has 1 amide bonds. The van der Waals surface area contributed by atoms with Crippen LogP contribution in [0.25, 0.3) is 0 Å². The lowest BCUT2D eigenvalue weighted by Crippen LogP contribution is -2.30. The number of hydrogen-bond donors (Lipinski definition) is 1. The second kappa shape index (κ2) is 6.30. The Bertz CT molecular complexity index is 352. The summed E-state index contributed by atoms with van der Waals surface area (Å²) in [5.41, 5.74) is 0.380. The summed E-state index contributed by atoms with van der Waals surface area (Å²) < 4.78 is 4.85. The number of alkyl halides is 1. The normalized spacial score (nSPS) is 12.8. The lowest BCUT2D eigenvalue weighted by atomic mass is 10.1. The van der Waals surface area contributed by atoms with E-state index in [1.807, 2.05) is 0 Å². The maximum Gasteiger partial charge on any atom is 0.256 e. The third-order valence-electron chi connectivity index (χ3n) is 2.07. The lowest BCUT2D eigenvalue weighted by Gasteiger charge is -2.12. The van der Waals surface area contributed by atoms with Gasteiger partial charge in [-0.15, -0.1) is 0 Å². The fraction of sp³-hybridized carbons (Fsp3) is 0.545. The van der Waals surface area contributed by atoms with E-state index < -0.39 is 0 Å². The molecule has 0 spiro atoms. The zero-order valence-corrected chi connectivity index (χ0v) is 11.6. The van der Waals surface area contributed by atoms with E-state index in [4.69, 9.17) is 16.0 Å². The van der Waals surface area contributed by atoms with Crippen molar-refractivity contribution in [1.29, 1.82) is 0 Å². The van der Waals surface area contributed by atoms with Gasteiger partial charge in [0, 0.05) is 11.4 Å². The van der Waals surface area contributed by atoms with Gasteiger partial charge in [-0.25, -0.2) is 0 Å². The number of halogens is 2. The smallest absolute Gasteiger partial charge is 0.256 e. The molecule has 0 fully saturated rings. The van der Waals surface area contributed by atoms with Gasteiger partial charge in [-0.2, -0.15) is 0 Å². The summed E-state index contributed by atoms with van der Waals surface area (Å²) in [5.74, 6) is 0.394. The Labute approximate surface area is 109 Å². The topological polar surface area (TPSA) is 42.2 Å². The number of carbonyl (C=O) groups excluding carboxylic acids is 1. The lowest BCUT2D eigenvalue weighted by molar-refractivity contribution is 0.0953. The molecule has 16 heavy (non-hydrogen) atoms. The van der Waals surface area contributed by atoms with Crippen LogP contribution in [0.2, 0.25) is 5.22 Å². The molecule has 0 aromatic carbocycles. The van der Waals surface area contributed by atoms with Gasteiger partial charge < -0.3 is 9.73 Å². The summed E-state index contributed by atoms with van der Waals surface area (Å²) >= 11 is 9.21. The fourth-order valence-corrected chi connectivity index (χ4v) is 2.46. The van der Waals surface area contributed by atoms with Crippen molar-refractivity contribution in [2.24, 2.45) is 5.92 Å². The molecule has 1 aromatic rings. The highest BCUT2D eigenvalue weighted by molar-refractivity contribution is 9.09. The number of carbonyl (C=O) groups is 1. The number of rotatable bonds is 5. The average Bonchev–Trinajstić information content (AvgIpc) is 2.60. The standard InChI is InChI=1S/C11H15BrClNO2/c1-7(2)5-8(12)6-14-11(15)9-3-4-16-10(9)13/h3-4,7-8H,5-6H2,1-2H3,(H,14,15). The van der Waals surface area contributed by atoms with E-state index in [1.165, 1.54) is 6.26 Å². The predicted molar refractivity (Wildman–Crippen MR) is 68.2 cm³/mol. The quantitative estimate of drug-likeness (QED) is 0.846. The van der Waals surface area contributed by atoms with E-state index in [0.717, 1.165) is 6.42 Å². The Morgan fingerprint density at radius 3 is 2.81 bits per heavy atom. The number of amides is 1. The van der Waals surface area contributed by atoms with Crippen LogP contribution in [0.15, 0.2) is 16.7 Å². The number of nitrogens with one attached hydrogen (secondary N) is 1. The average molecular weight is 309 g/mol. The van der Waals surface area contributed by atoms with Crippen LogP contribution >= 0.6 is 27.5 Å². The highest BCUT2D eigenvalue weighted by atomic mass is 79.9. The van der Waals surface area contributed by atoms with Crippen molar-refractivity contribution in [1.82, 2.24) is 5.32 Å². The van der Waals surface area contributed by atoms with Gasteiger partial charge in [0.05, 0.1) is 11.8 Å². The van der Waals surface area contributed by atoms with Gasteiger partial charge in [-0.3, -0.25) is 4.79 Å². The molecule has 90 valence electrons. The molecule has 1 heterocycles. The molecule has 1 aromatic heterocycles. The Morgan fingerprint density at radius 1 is 1.62 bits per heavy atom. The molecule has 0 bridgehead atoms. The van der Waals surface area contributed by atoms with Crippen LogP contribution in [0.1, 0.15) is 30.6 Å². The van der Waals surface area contributed by atoms with E-state index in [2.05, 4.69) is 35.1 Å². The minimum Gasteiger partial charge on any atom is -0.452 e. The summed E-state index contributed by atoms with van der Waals surface area (Å²) in [5, 5.41) is 2.93. The van der Waals surface area contributed by atoms with Crippen molar-refractivity contribution < 1.29 is 9.21 Å². The first kappa shape index (κ1) is 13.6. The third kappa shape index (κ3) is 4.18. The van der Waals surface area contributed by atoms with Crippen LogP contribution in [-0.4, -0.2) is 17.3 Å². The maximum atomic E-state index is 11.6. The summed E-state index contributed by atoms with van der Waals surface area (Å²) in [6.45, 7) is 4.87. The van der Waals surface area contributed by atoms with Crippen molar-refractivity contribution >= 4 is 33.4 Å². The Morgan fingerprint density at radius 2 is 2.31 bits per heavy atom. The van der Waals surface area contributed by atoms with Crippen molar-refractivity contribution in [3.8, 4) is 0 Å². The molecule has 0 aliphatic rings. The molecule has 0 aliphatic heterocycles. The van der Waals surface area contributed by atoms with Crippen molar-refractivity contribution in [2.45, 2.75) is 25.1 Å². The summed E-state index contributed by atoms with van der Waals surface area (Å²) in [6.07, 6.45) is 2.41. The zero-order chi connectivity index (χ0) is 12.1. The van der Waals surface area contributed by atoms with E-state index in [-0.39, 0.29) is 16.0 Å². The summed E-state index contributed by atoms with van der Waals surface area (Å²) in [7, 11) is 0. The second-order valence-corrected chi connectivity index (χ2v) is 5.68. The number of furan rings is 1. The van der Waals surface area contributed by atoms with Crippen LogP contribution in [0.3, 0.4) is 0 Å². The maximum absolute atomic E-state index is 11.6. The van der Waals surface area contributed by atoms with Crippen LogP contribution in [-0.2, 0) is 0 Å². The molecule has 1 N–H and O–H groups in total. The highest BCUT2D eigenvalue weighted by Gasteiger charge is 2.14. The first-order valence-corrected chi connectivity index (χ1v) is 6.45. The van der Waals surface area contributed by atoms with Gasteiger partial charge in [0.1, 0.15) is 0 Å². The van der Waals surface area contributed by atoms with Crippen LogP contribution < -0.4 is 5.32 Å². The molecule has 0 aliphatic carbocycles. The van der Waals surface area contributed by atoms with Crippen molar-refractivity contribution in [2.75, 3.05) is 6.54 Å². The Hall–Kier alpha value is -0.480. The first-order valence-electron chi connectivity index (χ1n) is 5.16. The van der Waals surface area contributed by atoms with Gasteiger partial charge in [-0.1, -0.05) is 29.8 Å². The minimum absolute atomic E-state index is 0.132. The Balaban J connectivity index is 2.39. The zero-order valence-electron chi connectivity index (χ0n) is 9.30. The van der Waals surface area contributed by atoms with E-state index in [0.29, 0.717) is 18.0 Å². The molecule has 1 atom stereocenters. The molecular weight excluding hydrogens is 293 g/mol. The largest absolute Gasteiger partial charge is 0.452 e. The van der Waals surface area contributed by atoms with Crippen molar-refractivity contribution in [3.63, 3.8) is 0 Å². The van der Waals surface area contributed by atoms with Crippen molar-refractivity contribution in [3.05, 3.63) is 23.1 Å².